The van der Waals surface area contributed by atoms with Gasteiger partial charge in [0.25, 0.3) is 11.8 Å². The molecule has 13 heteroatoms. The number of aromatic carboxylic acids is 1. The molecular formula is C27H20N2O11. The molecule has 0 saturated heterocycles. The molecule has 0 aromatic heterocycles. The lowest BCUT2D eigenvalue weighted by Crippen LogP contribution is -2.54. The van der Waals surface area contributed by atoms with Gasteiger partial charge in [0.1, 0.15) is 11.8 Å². The zero-order valence-corrected chi connectivity index (χ0v) is 20.7. The molecule has 0 fully saturated rings. The number of carbonyl (C=O) groups excluding carboxylic acids is 4. The minimum Gasteiger partial charge on any atom is -0.495 e. The van der Waals surface area contributed by atoms with Crippen LogP contribution < -0.4 is 9.64 Å². The van der Waals surface area contributed by atoms with Crippen LogP contribution in [0.2, 0.25) is 0 Å². The van der Waals surface area contributed by atoms with Gasteiger partial charge in [0.15, 0.2) is 0 Å². The van der Waals surface area contributed by atoms with Crippen LogP contribution in [0.25, 0.3) is 0 Å². The average Bonchev–Trinajstić information content (AvgIpc) is 2.91. The predicted octanol–water partition coefficient (Wildman–Crippen LogP) is 1.62. The average molecular weight is 548 g/mol. The van der Waals surface area contributed by atoms with Crippen LogP contribution in [0.3, 0.4) is 0 Å². The third-order valence-electron chi connectivity index (χ3n) is 7.17. The molecular weight excluding hydrogens is 528 g/mol. The highest BCUT2D eigenvalue weighted by atomic mass is 16.5. The quantitative estimate of drug-likeness (QED) is 0.320. The molecule has 2 aromatic carbocycles. The van der Waals surface area contributed by atoms with E-state index < -0.39 is 72.3 Å². The van der Waals surface area contributed by atoms with Crippen molar-refractivity contribution in [3.05, 3.63) is 70.3 Å². The van der Waals surface area contributed by atoms with E-state index in [4.69, 9.17) is 9.84 Å². The number of benzene rings is 2. The summed E-state index contributed by atoms with van der Waals surface area (Å²) in [6.45, 7) is 0. The lowest BCUT2D eigenvalue weighted by Gasteiger charge is -2.41. The second kappa shape index (κ2) is 9.45. The van der Waals surface area contributed by atoms with Gasteiger partial charge in [-0.15, -0.1) is 0 Å². The number of hydrogen-bond acceptors (Lipinski definition) is 8. The molecule has 5 rings (SSSR count). The second-order valence-electron chi connectivity index (χ2n) is 9.30. The molecule has 3 atom stereocenters. The van der Waals surface area contributed by atoms with Crippen LogP contribution in [0, 0.1) is 0 Å². The van der Waals surface area contributed by atoms with E-state index in [0.717, 1.165) is 11.0 Å². The molecule has 0 radical (unpaired) electrons. The molecule has 40 heavy (non-hydrogen) atoms. The van der Waals surface area contributed by atoms with Crippen molar-refractivity contribution in [2.45, 2.75) is 30.7 Å². The Morgan fingerprint density at radius 2 is 1.48 bits per heavy atom. The Bertz CT molecular complexity index is 1590. The molecule has 3 unspecified atom stereocenters. The number of imide groups is 2. The maximum atomic E-state index is 13.7. The van der Waals surface area contributed by atoms with E-state index >= 15 is 0 Å². The van der Waals surface area contributed by atoms with Crippen LogP contribution in [0.1, 0.15) is 66.9 Å². The van der Waals surface area contributed by atoms with Gasteiger partial charge >= 0.3 is 17.9 Å². The van der Waals surface area contributed by atoms with E-state index in [-0.39, 0.29) is 39.3 Å². The first-order valence-corrected chi connectivity index (χ1v) is 11.9. The number of amides is 4. The van der Waals surface area contributed by atoms with Crippen LogP contribution in [0.15, 0.2) is 42.5 Å². The van der Waals surface area contributed by atoms with Crippen molar-refractivity contribution in [3.8, 4) is 5.75 Å². The highest BCUT2D eigenvalue weighted by Gasteiger charge is 2.50. The number of anilines is 1. The Labute approximate surface area is 224 Å². The number of carboxylic acid groups (broad SMARTS) is 3. The first-order chi connectivity index (χ1) is 19.0. The fourth-order valence-electron chi connectivity index (χ4n) is 5.39. The lowest BCUT2D eigenvalue weighted by atomic mass is 9.72. The molecule has 2 aliphatic heterocycles. The van der Waals surface area contributed by atoms with Crippen LogP contribution in [-0.4, -0.2) is 74.9 Å². The largest absolute Gasteiger partial charge is 0.495 e. The lowest BCUT2D eigenvalue weighted by molar-refractivity contribution is -0.149. The molecule has 2 heterocycles. The molecule has 2 aromatic rings. The summed E-state index contributed by atoms with van der Waals surface area (Å²) in [4.78, 5) is 90.1. The van der Waals surface area contributed by atoms with Crippen LogP contribution in [0.4, 0.5) is 5.69 Å². The minimum absolute atomic E-state index is 0.00445. The zero-order chi connectivity index (χ0) is 29.0. The summed E-state index contributed by atoms with van der Waals surface area (Å²) < 4.78 is 5.27. The van der Waals surface area contributed by atoms with Gasteiger partial charge in [-0.25, -0.2) is 14.5 Å². The third kappa shape index (κ3) is 3.82. The summed E-state index contributed by atoms with van der Waals surface area (Å²) in [5.41, 5.74) is -0.153. The number of aliphatic carboxylic acids is 2. The zero-order valence-electron chi connectivity index (χ0n) is 20.7. The van der Waals surface area contributed by atoms with Crippen molar-refractivity contribution in [1.82, 2.24) is 4.90 Å². The van der Waals surface area contributed by atoms with Gasteiger partial charge in [0.2, 0.25) is 11.8 Å². The Hall–Kier alpha value is -5.33. The van der Waals surface area contributed by atoms with Gasteiger partial charge in [-0.05, 0) is 47.9 Å². The minimum atomic E-state index is -1.74. The molecule has 3 N–H and O–H groups in total. The van der Waals surface area contributed by atoms with E-state index in [1.807, 2.05) is 0 Å². The summed E-state index contributed by atoms with van der Waals surface area (Å²) in [7, 11) is 1.29. The van der Waals surface area contributed by atoms with E-state index in [9.17, 15) is 43.8 Å². The van der Waals surface area contributed by atoms with Gasteiger partial charge in [0.05, 0.1) is 30.2 Å². The van der Waals surface area contributed by atoms with Gasteiger partial charge < -0.3 is 20.1 Å². The number of rotatable bonds is 8. The number of ether oxygens (including phenoxy) is 1. The molecule has 204 valence electrons. The molecule has 4 amide bonds. The fourth-order valence-corrected chi connectivity index (χ4v) is 5.39. The number of methoxy groups -OCH3 is 1. The van der Waals surface area contributed by atoms with Crippen molar-refractivity contribution in [2.24, 2.45) is 0 Å². The van der Waals surface area contributed by atoms with Crippen molar-refractivity contribution in [2.75, 3.05) is 12.0 Å². The van der Waals surface area contributed by atoms with E-state index in [1.165, 1.54) is 43.5 Å². The van der Waals surface area contributed by atoms with Crippen molar-refractivity contribution < 1.29 is 53.6 Å². The topological polar surface area (TPSA) is 196 Å². The normalized spacial score (nSPS) is 19.8. The summed E-state index contributed by atoms with van der Waals surface area (Å²) in [6.07, 6.45) is 1.60. The molecule has 3 aliphatic rings. The monoisotopic (exact) mass is 548 g/mol. The Balaban J connectivity index is 1.64. The summed E-state index contributed by atoms with van der Waals surface area (Å²) in [6, 6.07) is 4.49. The standard InChI is InChI=1S/C27H20N2O11/c1-40-18-8-2-11(26(36)37)10-17(18)29-24(34)14-5-3-12-20-13(4-6-15(21(14)20)25(29)35)23(33)28(22(12)32)16(27(38)39)7-9-19(30)31/h2-6,8,10,12,14,16H,7,9H2,1H3,(H,30,31)(H,36,37)(H,38,39). The van der Waals surface area contributed by atoms with Crippen molar-refractivity contribution in [3.63, 3.8) is 0 Å². The van der Waals surface area contributed by atoms with Crippen LogP contribution >= 0.6 is 0 Å². The molecule has 0 saturated carbocycles. The number of carbonyl (C=O) groups is 7. The molecule has 0 bridgehead atoms. The van der Waals surface area contributed by atoms with Crippen LogP contribution in [0.5, 0.6) is 5.75 Å². The van der Waals surface area contributed by atoms with Gasteiger partial charge in [-0.1, -0.05) is 12.2 Å². The number of carboxylic acids is 3. The molecule has 1 aliphatic carbocycles. The van der Waals surface area contributed by atoms with Crippen LogP contribution in [-0.2, 0) is 19.2 Å². The summed E-state index contributed by atoms with van der Waals surface area (Å²) in [5.74, 6) is -9.90. The molecule has 0 spiro atoms. The maximum absolute atomic E-state index is 13.7. The van der Waals surface area contributed by atoms with E-state index in [0.29, 0.717) is 4.90 Å². The molecule has 13 nitrogen and oxygen atoms in total. The Morgan fingerprint density at radius 3 is 2.02 bits per heavy atom. The Kier molecular flexibility index (Phi) is 6.21. The maximum Gasteiger partial charge on any atom is 0.335 e. The predicted molar refractivity (Wildman–Crippen MR) is 132 cm³/mol. The van der Waals surface area contributed by atoms with Gasteiger partial charge in [0, 0.05) is 17.5 Å². The fraction of sp³-hybridized carbons (Fsp3) is 0.222. The van der Waals surface area contributed by atoms with Gasteiger partial charge in [-0.2, -0.15) is 0 Å². The third-order valence-corrected chi connectivity index (χ3v) is 7.17. The van der Waals surface area contributed by atoms with Crippen molar-refractivity contribution in [1.29, 1.82) is 0 Å². The van der Waals surface area contributed by atoms with Gasteiger partial charge in [-0.3, -0.25) is 28.9 Å². The highest BCUT2D eigenvalue weighted by Crippen LogP contribution is 2.47. The first kappa shape index (κ1) is 26.3. The second-order valence-corrected chi connectivity index (χ2v) is 9.30. The summed E-state index contributed by atoms with van der Waals surface area (Å²) in [5, 5.41) is 28.1. The van der Waals surface area contributed by atoms with Crippen molar-refractivity contribution >= 4 is 47.2 Å². The Morgan fingerprint density at radius 1 is 0.875 bits per heavy atom. The SMILES string of the molecule is COc1ccc(C(=O)O)cc1N1C(=O)c2ccc3c4c2C(C=CC4C(=O)N(C(CCC(=O)O)C(=O)O)C3=O)C1=O. The number of nitrogens with zero attached hydrogens (tertiary/aromatic N) is 2. The summed E-state index contributed by atoms with van der Waals surface area (Å²) >= 11 is 0. The smallest absolute Gasteiger partial charge is 0.335 e. The number of hydrogen-bond donors (Lipinski definition) is 3. The van der Waals surface area contributed by atoms with E-state index in [1.54, 1.807) is 0 Å². The van der Waals surface area contributed by atoms with E-state index in [2.05, 4.69) is 0 Å². The first-order valence-electron chi connectivity index (χ1n) is 11.9. The highest BCUT2D eigenvalue weighted by molar-refractivity contribution is 6.28.